The molecule has 0 bridgehead atoms. The van der Waals surface area contributed by atoms with E-state index in [9.17, 15) is 4.79 Å². The van der Waals surface area contributed by atoms with Gasteiger partial charge in [-0.2, -0.15) is 10.2 Å². The van der Waals surface area contributed by atoms with E-state index in [0.717, 1.165) is 35.6 Å². The molecular formula is C22H26N6OS. The molecule has 1 aromatic carbocycles. The first kappa shape index (κ1) is 20.3. The van der Waals surface area contributed by atoms with E-state index in [1.54, 1.807) is 6.08 Å². The maximum absolute atomic E-state index is 12.3. The highest BCUT2D eigenvalue weighted by atomic mass is 32.1. The Morgan fingerprint density at radius 3 is 2.70 bits per heavy atom. The molecule has 30 heavy (non-hydrogen) atoms. The second-order valence-electron chi connectivity index (χ2n) is 7.83. The van der Waals surface area contributed by atoms with Gasteiger partial charge in [0.2, 0.25) is 5.91 Å². The van der Waals surface area contributed by atoms with Gasteiger partial charge in [0.15, 0.2) is 10.6 Å². The van der Waals surface area contributed by atoms with Crippen LogP contribution in [0.25, 0.3) is 6.08 Å². The summed E-state index contributed by atoms with van der Waals surface area (Å²) < 4.78 is 4.60. The van der Waals surface area contributed by atoms with Crippen molar-refractivity contribution in [1.82, 2.24) is 29.9 Å². The van der Waals surface area contributed by atoms with Crippen LogP contribution in [0.15, 0.2) is 30.3 Å². The number of nitrogens with one attached hydrogen (secondary N) is 2. The third-order valence-electron chi connectivity index (χ3n) is 5.40. The van der Waals surface area contributed by atoms with Crippen LogP contribution in [-0.2, 0) is 17.9 Å². The van der Waals surface area contributed by atoms with Gasteiger partial charge >= 0.3 is 0 Å². The molecule has 8 heteroatoms. The van der Waals surface area contributed by atoms with Gasteiger partial charge in [-0.1, -0.05) is 29.8 Å². The minimum atomic E-state index is -0.170. The van der Waals surface area contributed by atoms with Crippen LogP contribution in [-0.4, -0.2) is 30.5 Å². The number of H-pyrrole nitrogens is 1. The fourth-order valence-corrected chi connectivity index (χ4v) is 3.83. The van der Waals surface area contributed by atoms with Crippen LogP contribution in [0.3, 0.4) is 0 Å². The molecule has 156 valence electrons. The van der Waals surface area contributed by atoms with Crippen molar-refractivity contribution in [2.75, 3.05) is 0 Å². The van der Waals surface area contributed by atoms with Crippen molar-refractivity contribution >= 4 is 24.2 Å². The van der Waals surface area contributed by atoms with Gasteiger partial charge in [0.1, 0.15) is 0 Å². The van der Waals surface area contributed by atoms with Crippen molar-refractivity contribution < 1.29 is 4.79 Å². The first-order chi connectivity index (χ1) is 14.4. The number of aromatic amines is 1. The van der Waals surface area contributed by atoms with Gasteiger partial charge in [-0.15, -0.1) is 0 Å². The van der Waals surface area contributed by atoms with Crippen LogP contribution in [0.5, 0.6) is 0 Å². The monoisotopic (exact) mass is 422 g/mol. The predicted octanol–water partition coefficient (Wildman–Crippen LogP) is 3.78. The van der Waals surface area contributed by atoms with Gasteiger partial charge in [0, 0.05) is 23.4 Å². The molecular weight excluding hydrogens is 396 g/mol. The number of carbonyl (C=O) groups excluding carboxylic acids is 1. The normalized spacial score (nSPS) is 13.8. The SMILES string of the molecule is Cc1ccc(Cn2nc(C)c(/C=C/C(=O)NCc3n[nH]c(=S)n3C3CC3)c2C)cc1. The number of hydrogen-bond donors (Lipinski definition) is 2. The quantitative estimate of drug-likeness (QED) is 0.449. The first-order valence-electron chi connectivity index (χ1n) is 10.1. The average molecular weight is 423 g/mol. The van der Waals surface area contributed by atoms with Gasteiger partial charge < -0.3 is 5.32 Å². The number of hydrogen-bond acceptors (Lipinski definition) is 4. The standard InChI is InChI=1S/C22H26N6OS/c1-14-4-6-17(7-5-14)13-27-16(3)19(15(2)26-27)10-11-21(29)23-12-20-24-25-22(30)28(20)18-8-9-18/h4-7,10-11,18H,8-9,12-13H2,1-3H3,(H,23,29)(H,25,30)/b11-10+. The van der Waals surface area contributed by atoms with Crippen molar-refractivity contribution in [2.24, 2.45) is 0 Å². The lowest BCUT2D eigenvalue weighted by molar-refractivity contribution is -0.116. The van der Waals surface area contributed by atoms with Crippen LogP contribution in [0.1, 0.15) is 52.8 Å². The van der Waals surface area contributed by atoms with E-state index in [-0.39, 0.29) is 5.91 Å². The molecule has 0 saturated heterocycles. The average Bonchev–Trinajstić information content (AvgIpc) is 3.43. The van der Waals surface area contributed by atoms with Crippen LogP contribution in [0.4, 0.5) is 0 Å². The number of aryl methyl sites for hydroxylation is 2. The highest BCUT2D eigenvalue weighted by molar-refractivity contribution is 7.71. The number of nitrogens with zero attached hydrogens (tertiary/aromatic N) is 4. The summed E-state index contributed by atoms with van der Waals surface area (Å²) in [6.45, 7) is 7.12. The number of aromatic nitrogens is 5. The van der Waals surface area contributed by atoms with Crippen molar-refractivity contribution in [3.05, 3.63) is 69.0 Å². The summed E-state index contributed by atoms with van der Waals surface area (Å²) in [5.41, 5.74) is 5.34. The topological polar surface area (TPSA) is 80.5 Å². The van der Waals surface area contributed by atoms with Crippen molar-refractivity contribution in [1.29, 1.82) is 0 Å². The van der Waals surface area contributed by atoms with Crippen LogP contribution >= 0.6 is 12.2 Å². The fraction of sp³-hybridized carbons (Fsp3) is 0.364. The molecule has 1 amide bonds. The smallest absolute Gasteiger partial charge is 0.244 e. The third kappa shape index (κ3) is 4.43. The lowest BCUT2D eigenvalue weighted by Gasteiger charge is -2.06. The predicted molar refractivity (Wildman–Crippen MR) is 119 cm³/mol. The summed E-state index contributed by atoms with van der Waals surface area (Å²) in [7, 11) is 0. The molecule has 1 fully saturated rings. The summed E-state index contributed by atoms with van der Waals surface area (Å²) in [4.78, 5) is 12.3. The maximum Gasteiger partial charge on any atom is 0.244 e. The fourth-order valence-electron chi connectivity index (χ4n) is 3.53. The second-order valence-corrected chi connectivity index (χ2v) is 8.21. The molecule has 1 aliphatic carbocycles. The van der Waals surface area contributed by atoms with Crippen LogP contribution < -0.4 is 5.32 Å². The molecule has 3 aromatic rings. The summed E-state index contributed by atoms with van der Waals surface area (Å²) in [6, 6.07) is 8.86. The van der Waals surface area contributed by atoms with Crippen molar-refractivity contribution in [3.63, 3.8) is 0 Å². The summed E-state index contributed by atoms with van der Waals surface area (Å²) >= 11 is 5.28. The van der Waals surface area contributed by atoms with E-state index in [2.05, 4.69) is 51.8 Å². The van der Waals surface area contributed by atoms with E-state index in [0.29, 0.717) is 23.9 Å². The molecule has 1 aliphatic rings. The molecule has 2 heterocycles. The second kappa shape index (κ2) is 8.39. The molecule has 4 rings (SSSR count). The highest BCUT2D eigenvalue weighted by Crippen LogP contribution is 2.35. The lowest BCUT2D eigenvalue weighted by atomic mass is 10.1. The zero-order valence-corrected chi connectivity index (χ0v) is 18.3. The van der Waals surface area contributed by atoms with E-state index in [1.165, 1.54) is 11.1 Å². The molecule has 0 aliphatic heterocycles. The molecule has 2 N–H and O–H groups in total. The van der Waals surface area contributed by atoms with Crippen molar-refractivity contribution in [3.8, 4) is 0 Å². The number of rotatable bonds is 7. The molecule has 7 nitrogen and oxygen atoms in total. The minimum absolute atomic E-state index is 0.170. The number of carbonyl (C=O) groups is 1. The molecule has 1 saturated carbocycles. The highest BCUT2D eigenvalue weighted by Gasteiger charge is 2.27. The lowest BCUT2D eigenvalue weighted by Crippen LogP contribution is -2.22. The Kier molecular flexibility index (Phi) is 5.67. The maximum atomic E-state index is 12.3. The Labute approximate surface area is 180 Å². The largest absolute Gasteiger partial charge is 0.345 e. The van der Waals surface area contributed by atoms with E-state index in [1.807, 2.05) is 29.2 Å². The van der Waals surface area contributed by atoms with Crippen LogP contribution in [0, 0.1) is 25.5 Å². The van der Waals surface area contributed by atoms with Gasteiger partial charge in [-0.05, 0) is 57.5 Å². The molecule has 0 unspecified atom stereocenters. The third-order valence-corrected chi connectivity index (χ3v) is 5.69. The number of benzene rings is 1. The van der Waals surface area contributed by atoms with Gasteiger partial charge in [0.05, 0.1) is 18.8 Å². The minimum Gasteiger partial charge on any atom is -0.345 e. The summed E-state index contributed by atoms with van der Waals surface area (Å²) in [5, 5.41) is 14.6. The van der Waals surface area contributed by atoms with E-state index in [4.69, 9.17) is 12.2 Å². The summed E-state index contributed by atoms with van der Waals surface area (Å²) in [5.74, 6) is 0.596. The molecule has 0 spiro atoms. The van der Waals surface area contributed by atoms with E-state index < -0.39 is 0 Å². The Morgan fingerprint density at radius 1 is 1.27 bits per heavy atom. The van der Waals surface area contributed by atoms with Gasteiger partial charge in [-0.3, -0.25) is 19.1 Å². The summed E-state index contributed by atoms with van der Waals surface area (Å²) in [6.07, 6.45) is 5.60. The van der Waals surface area contributed by atoms with Gasteiger partial charge in [-0.25, -0.2) is 0 Å². The molecule has 0 radical (unpaired) electrons. The molecule has 2 aromatic heterocycles. The Hall–Kier alpha value is -3.00. The number of amides is 1. The van der Waals surface area contributed by atoms with Crippen molar-refractivity contribution in [2.45, 2.75) is 52.7 Å². The first-order valence-corrected chi connectivity index (χ1v) is 10.5. The Bertz CT molecular complexity index is 1150. The molecule has 0 atom stereocenters. The van der Waals surface area contributed by atoms with E-state index >= 15 is 0 Å². The zero-order chi connectivity index (χ0) is 21.3. The Morgan fingerprint density at radius 2 is 2.00 bits per heavy atom. The zero-order valence-electron chi connectivity index (χ0n) is 17.5. The Balaban J connectivity index is 1.41. The van der Waals surface area contributed by atoms with Crippen LogP contribution in [0.2, 0.25) is 0 Å². The van der Waals surface area contributed by atoms with Gasteiger partial charge in [0.25, 0.3) is 0 Å².